The first-order chi connectivity index (χ1) is 19.9. The first-order valence-electron chi connectivity index (χ1n) is 14.3. The molecule has 0 bridgehead atoms. The monoisotopic (exact) mass is 548 g/mol. The number of aromatic nitrogens is 4. The molecule has 9 heteroatoms. The highest BCUT2D eigenvalue weighted by molar-refractivity contribution is 5.58. The fourth-order valence-electron chi connectivity index (χ4n) is 5.95. The molecule has 4 heterocycles. The van der Waals surface area contributed by atoms with Crippen LogP contribution < -0.4 is 10.2 Å². The molecule has 2 aliphatic heterocycles. The van der Waals surface area contributed by atoms with Gasteiger partial charge in [-0.3, -0.25) is 4.90 Å². The number of nitrogens with one attached hydrogen (secondary N) is 1. The Balaban J connectivity index is 1.29. The van der Waals surface area contributed by atoms with Gasteiger partial charge in [-0.15, -0.1) is 0 Å². The van der Waals surface area contributed by atoms with E-state index in [4.69, 9.17) is 15.2 Å². The third kappa shape index (κ3) is 5.53. The smallest absolute Gasteiger partial charge is 0.230 e. The number of hydrogen-bond acceptors (Lipinski definition) is 8. The van der Waals surface area contributed by atoms with Crippen LogP contribution in [0.3, 0.4) is 0 Å². The van der Waals surface area contributed by atoms with Crippen molar-refractivity contribution in [2.45, 2.75) is 59.2 Å². The standard InChI is InChI=1S/C32H36N8O/c1-21-13-27(14-22(2)23(21)3)39-18-30(34-20-39)36-32-35-29-17-38(16-25-8-6-24(15-33)7-9-25)12-10-28(29)31(37-32)40-11-4-5-26(40)19-41/h6-9,13-14,18,20,26,41H,4-5,10-12,16-17,19H2,1-3H3,(H,35,36,37)/t26-/m0/s1. The zero-order valence-electron chi connectivity index (χ0n) is 23.9. The van der Waals surface area contributed by atoms with E-state index in [0.717, 1.165) is 56.1 Å². The Hall–Kier alpha value is -4.26. The number of anilines is 3. The molecule has 2 aliphatic rings. The highest BCUT2D eigenvalue weighted by atomic mass is 16.3. The third-order valence-electron chi connectivity index (χ3n) is 8.50. The molecule has 0 unspecified atom stereocenters. The average molecular weight is 549 g/mol. The SMILES string of the molecule is Cc1cc(-n2cnc(Nc3nc4c(c(N5CCC[C@H]5CO)n3)CCN(Cc3ccc(C#N)cc3)C4)c2)cc(C)c1C. The molecule has 41 heavy (non-hydrogen) atoms. The van der Waals surface area contributed by atoms with Crippen molar-refractivity contribution >= 4 is 17.6 Å². The third-order valence-corrected chi connectivity index (χ3v) is 8.50. The van der Waals surface area contributed by atoms with Crippen LogP contribution in [0, 0.1) is 32.1 Å². The van der Waals surface area contributed by atoms with Crippen molar-refractivity contribution in [2.24, 2.45) is 0 Å². The summed E-state index contributed by atoms with van der Waals surface area (Å²) in [5.41, 5.74) is 8.89. The molecule has 2 N–H and O–H groups in total. The lowest BCUT2D eigenvalue weighted by Gasteiger charge is -2.33. The van der Waals surface area contributed by atoms with Crippen molar-refractivity contribution < 1.29 is 5.11 Å². The molecule has 2 aromatic heterocycles. The van der Waals surface area contributed by atoms with E-state index in [1.165, 1.54) is 27.8 Å². The maximum Gasteiger partial charge on any atom is 0.230 e. The lowest BCUT2D eigenvalue weighted by molar-refractivity contribution is 0.240. The Morgan fingerprint density at radius 3 is 2.59 bits per heavy atom. The Bertz CT molecular complexity index is 1580. The quantitative estimate of drug-likeness (QED) is 0.342. The first kappa shape index (κ1) is 26.9. The van der Waals surface area contributed by atoms with Crippen LogP contribution in [0.5, 0.6) is 0 Å². The van der Waals surface area contributed by atoms with Crippen LogP contribution >= 0.6 is 0 Å². The summed E-state index contributed by atoms with van der Waals surface area (Å²) in [4.78, 5) is 19.2. The highest BCUT2D eigenvalue weighted by Gasteiger charge is 2.31. The van der Waals surface area contributed by atoms with Gasteiger partial charge in [0.2, 0.25) is 5.95 Å². The molecule has 0 radical (unpaired) electrons. The van der Waals surface area contributed by atoms with Crippen molar-refractivity contribution in [2.75, 3.05) is 29.9 Å². The minimum atomic E-state index is 0.0748. The minimum Gasteiger partial charge on any atom is -0.394 e. The number of imidazole rings is 1. The summed E-state index contributed by atoms with van der Waals surface area (Å²) in [5.74, 6) is 2.12. The molecule has 0 spiro atoms. The molecular formula is C32H36N8O. The van der Waals surface area contributed by atoms with Gasteiger partial charge in [-0.25, -0.2) is 9.97 Å². The van der Waals surface area contributed by atoms with E-state index in [2.05, 4.69) is 59.1 Å². The number of aliphatic hydroxyl groups is 1. The maximum atomic E-state index is 10.1. The van der Waals surface area contributed by atoms with E-state index in [1.54, 1.807) is 0 Å². The van der Waals surface area contributed by atoms with Crippen LogP contribution in [-0.2, 0) is 19.5 Å². The Morgan fingerprint density at radius 2 is 1.85 bits per heavy atom. The zero-order chi connectivity index (χ0) is 28.5. The average Bonchev–Trinajstić information content (AvgIpc) is 3.65. The molecule has 0 saturated carbocycles. The Morgan fingerprint density at radius 1 is 1.07 bits per heavy atom. The van der Waals surface area contributed by atoms with E-state index in [9.17, 15) is 5.11 Å². The Labute approximate surface area is 241 Å². The van der Waals surface area contributed by atoms with Crippen molar-refractivity contribution in [1.29, 1.82) is 5.26 Å². The molecule has 210 valence electrons. The van der Waals surface area contributed by atoms with Crippen LogP contribution in [0.15, 0.2) is 48.9 Å². The molecule has 0 aliphatic carbocycles. The van der Waals surface area contributed by atoms with Crippen LogP contribution in [0.2, 0.25) is 0 Å². The number of nitriles is 1. The van der Waals surface area contributed by atoms with E-state index < -0.39 is 0 Å². The van der Waals surface area contributed by atoms with Gasteiger partial charge in [0.05, 0.1) is 36.2 Å². The first-order valence-corrected chi connectivity index (χ1v) is 14.3. The van der Waals surface area contributed by atoms with Gasteiger partial charge in [0.25, 0.3) is 0 Å². The zero-order valence-corrected chi connectivity index (χ0v) is 23.9. The Kier molecular flexibility index (Phi) is 7.43. The second-order valence-corrected chi connectivity index (χ2v) is 11.2. The van der Waals surface area contributed by atoms with E-state index in [0.29, 0.717) is 23.9 Å². The lowest BCUT2D eigenvalue weighted by Crippen LogP contribution is -2.37. The van der Waals surface area contributed by atoms with Gasteiger partial charge in [-0.1, -0.05) is 12.1 Å². The van der Waals surface area contributed by atoms with Gasteiger partial charge in [0, 0.05) is 37.4 Å². The molecule has 2 aromatic carbocycles. The van der Waals surface area contributed by atoms with Crippen LogP contribution in [0.25, 0.3) is 5.69 Å². The second kappa shape index (κ2) is 11.3. The largest absolute Gasteiger partial charge is 0.394 e. The van der Waals surface area contributed by atoms with Crippen molar-refractivity contribution in [1.82, 2.24) is 24.4 Å². The van der Waals surface area contributed by atoms with E-state index in [-0.39, 0.29) is 12.6 Å². The van der Waals surface area contributed by atoms with Crippen molar-refractivity contribution in [3.05, 3.63) is 88.0 Å². The topological polar surface area (TPSA) is 106 Å². The van der Waals surface area contributed by atoms with E-state index >= 15 is 0 Å². The predicted octanol–water partition coefficient (Wildman–Crippen LogP) is 4.72. The summed E-state index contributed by atoms with van der Waals surface area (Å²) >= 11 is 0. The molecule has 6 rings (SSSR count). The molecular weight excluding hydrogens is 512 g/mol. The van der Waals surface area contributed by atoms with Gasteiger partial charge in [-0.2, -0.15) is 10.2 Å². The van der Waals surface area contributed by atoms with Crippen LogP contribution in [0.4, 0.5) is 17.6 Å². The number of fused-ring (bicyclic) bond motifs is 1. The minimum absolute atomic E-state index is 0.0748. The van der Waals surface area contributed by atoms with Crippen LogP contribution in [0.1, 0.15) is 51.9 Å². The second-order valence-electron chi connectivity index (χ2n) is 11.2. The molecule has 9 nitrogen and oxygen atoms in total. The van der Waals surface area contributed by atoms with Gasteiger partial charge < -0.3 is 19.9 Å². The van der Waals surface area contributed by atoms with Gasteiger partial charge in [0.1, 0.15) is 12.1 Å². The number of benzene rings is 2. The summed E-state index contributed by atoms with van der Waals surface area (Å²) in [5, 5.41) is 22.6. The van der Waals surface area contributed by atoms with E-state index in [1.807, 2.05) is 41.4 Å². The fourth-order valence-corrected chi connectivity index (χ4v) is 5.95. The summed E-state index contributed by atoms with van der Waals surface area (Å²) in [6, 6.07) is 14.4. The molecule has 1 saturated heterocycles. The van der Waals surface area contributed by atoms with Crippen molar-refractivity contribution in [3.8, 4) is 11.8 Å². The predicted molar refractivity (Wildman–Crippen MR) is 160 cm³/mol. The lowest BCUT2D eigenvalue weighted by atomic mass is 10.0. The molecule has 1 atom stereocenters. The summed E-state index contributed by atoms with van der Waals surface area (Å²) in [6.45, 7) is 9.79. The number of hydrogen-bond donors (Lipinski definition) is 2. The normalized spacial score (nSPS) is 17.0. The van der Waals surface area contributed by atoms with Gasteiger partial charge >= 0.3 is 0 Å². The van der Waals surface area contributed by atoms with Crippen molar-refractivity contribution in [3.63, 3.8) is 0 Å². The molecule has 0 amide bonds. The highest BCUT2D eigenvalue weighted by Crippen LogP contribution is 2.33. The summed E-state index contributed by atoms with van der Waals surface area (Å²) < 4.78 is 2.02. The molecule has 1 fully saturated rings. The number of aliphatic hydroxyl groups excluding tert-OH is 1. The fraction of sp³-hybridized carbons (Fsp3) is 0.375. The van der Waals surface area contributed by atoms with Crippen LogP contribution in [-0.4, -0.2) is 55.3 Å². The summed E-state index contributed by atoms with van der Waals surface area (Å²) in [7, 11) is 0. The van der Waals surface area contributed by atoms with Gasteiger partial charge in [-0.05, 0) is 86.6 Å². The number of aryl methyl sites for hydroxylation is 2. The number of rotatable bonds is 7. The van der Waals surface area contributed by atoms with Gasteiger partial charge in [0.15, 0.2) is 5.82 Å². The molecule has 4 aromatic rings. The maximum absolute atomic E-state index is 10.1. The summed E-state index contributed by atoms with van der Waals surface area (Å²) in [6.07, 6.45) is 6.62. The number of nitrogens with zero attached hydrogens (tertiary/aromatic N) is 7.